The molecule has 0 saturated carbocycles. The maximum absolute atomic E-state index is 12.6. The zero-order valence-corrected chi connectivity index (χ0v) is 21.9. The van der Waals surface area contributed by atoms with E-state index in [4.69, 9.17) is 4.42 Å². The molecule has 0 aliphatic heterocycles. The molecule has 33 heavy (non-hydrogen) atoms. The van der Waals surface area contributed by atoms with Crippen LogP contribution in [0.5, 0.6) is 0 Å². The van der Waals surface area contributed by atoms with Crippen LogP contribution in [0.4, 0.5) is 0 Å². The van der Waals surface area contributed by atoms with Crippen LogP contribution in [0.25, 0.3) is 11.5 Å². The molecular formula is C26H40N2O4S. The standard InChI is InChI=1S/C26H40N2O4S/c1-19(2)15-28(16-20(3)4)14-8-7-9-24(29)17-33(30,31)18-25-22(6)32-26(27-25)23-12-10-21(5)11-13-23/h10-13,19-20H,7-9,14-18H2,1-6H3. The second kappa shape index (κ2) is 12.5. The van der Waals surface area contributed by atoms with Gasteiger partial charge in [0.05, 0.1) is 11.4 Å². The molecule has 0 unspecified atom stereocenters. The van der Waals surface area contributed by atoms with Gasteiger partial charge in [-0.25, -0.2) is 13.4 Å². The van der Waals surface area contributed by atoms with Gasteiger partial charge in [0.2, 0.25) is 5.89 Å². The largest absolute Gasteiger partial charge is 0.441 e. The molecule has 2 aromatic rings. The minimum Gasteiger partial charge on any atom is -0.441 e. The van der Waals surface area contributed by atoms with E-state index in [0.717, 1.165) is 37.2 Å². The van der Waals surface area contributed by atoms with Crippen LogP contribution >= 0.6 is 0 Å². The highest BCUT2D eigenvalue weighted by Gasteiger charge is 2.22. The number of benzene rings is 1. The number of unbranched alkanes of at least 4 members (excludes halogenated alkanes) is 1. The Bertz CT molecular complexity index is 982. The number of rotatable bonds is 14. The van der Waals surface area contributed by atoms with Crippen molar-refractivity contribution < 1.29 is 17.6 Å². The van der Waals surface area contributed by atoms with Gasteiger partial charge in [0.15, 0.2) is 9.84 Å². The average molecular weight is 477 g/mol. The number of nitrogens with zero attached hydrogens (tertiary/aromatic N) is 2. The lowest BCUT2D eigenvalue weighted by atomic mass is 10.1. The third kappa shape index (κ3) is 9.80. The summed E-state index contributed by atoms with van der Waals surface area (Å²) in [5.74, 6) is 1.11. The smallest absolute Gasteiger partial charge is 0.226 e. The third-order valence-electron chi connectivity index (χ3n) is 5.36. The number of sulfone groups is 1. The maximum Gasteiger partial charge on any atom is 0.226 e. The number of ketones is 1. The predicted octanol–water partition coefficient (Wildman–Crippen LogP) is 5.23. The Labute approximate surface area is 199 Å². The summed E-state index contributed by atoms with van der Waals surface area (Å²) >= 11 is 0. The lowest BCUT2D eigenvalue weighted by Crippen LogP contribution is -2.32. The van der Waals surface area contributed by atoms with Gasteiger partial charge in [-0.05, 0) is 57.2 Å². The van der Waals surface area contributed by atoms with Gasteiger partial charge in [-0.1, -0.05) is 45.4 Å². The quantitative estimate of drug-likeness (QED) is 0.348. The van der Waals surface area contributed by atoms with Crippen molar-refractivity contribution in [3.05, 3.63) is 41.3 Å². The molecule has 0 fully saturated rings. The first-order valence-electron chi connectivity index (χ1n) is 11.9. The molecule has 0 saturated heterocycles. The summed E-state index contributed by atoms with van der Waals surface area (Å²) in [5, 5.41) is 0. The van der Waals surface area contributed by atoms with Crippen LogP contribution in [-0.4, -0.2) is 49.5 Å². The van der Waals surface area contributed by atoms with Crippen LogP contribution in [0.2, 0.25) is 0 Å². The molecule has 0 spiro atoms. The zero-order chi connectivity index (χ0) is 24.6. The second-order valence-corrected chi connectivity index (χ2v) is 12.0. The molecule has 1 heterocycles. The summed E-state index contributed by atoms with van der Waals surface area (Å²) in [6, 6.07) is 7.70. The van der Waals surface area contributed by atoms with Gasteiger partial charge in [-0.3, -0.25) is 4.79 Å². The summed E-state index contributed by atoms with van der Waals surface area (Å²) in [4.78, 5) is 19.2. The van der Waals surface area contributed by atoms with Crippen molar-refractivity contribution in [2.75, 3.05) is 25.4 Å². The van der Waals surface area contributed by atoms with Crippen LogP contribution in [0.1, 0.15) is 64.0 Å². The van der Waals surface area contributed by atoms with E-state index in [1.165, 1.54) is 0 Å². The Morgan fingerprint density at radius 1 is 1.00 bits per heavy atom. The van der Waals surface area contributed by atoms with Crippen molar-refractivity contribution in [2.24, 2.45) is 11.8 Å². The maximum atomic E-state index is 12.6. The van der Waals surface area contributed by atoms with Crippen LogP contribution in [0.15, 0.2) is 28.7 Å². The van der Waals surface area contributed by atoms with E-state index in [2.05, 4.69) is 37.6 Å². The van der Waals surface area contributed by atoms with E-state index in [0.29, 0.717) is 42.0 Å². The molecule has 0 atom stereocenters. The Morgan fingerprint density at radius 2 is 1.61 bits per heavy atom. The number of hydrogen-bond acceptors (Lipinski definition) is 6. The fraction of sp³-hybridized carbons (Fsp3) is 0.615. The van der Waals surface area contributed by atoms with E-state index < -0.39 is 15.6 Å². The lowest BCUT2D eigenvalue weighted by Gasteiger charge is -2.26. The van der Waals surface area contributed by atoms with Gasteiger partial charge in [0, 0.05) is 25.1 Å². The molecule has 0 N–H and O–H groups in total. The van der Waals surface area contributed by atoms with E-state index in [1.807, 2.05) is 31.2 Å². The molecule has 1 aromatic heterocycles. The monoisotopic (exact) mass is 476 g/mol. The van der Waals surface area contributed by atoms with Gasteiger partial charge in [0.1, 0.15) is 17.3 Å². The molecule has 0 radical (unpaired) electrons. The summed E-state index contributed by atoms with van der Waals surface area (Å²) in [6.07, 6.45) is 1.90. The number of carbonyl (C=O) groups excluding carboxylic acids is 1. The van der Waals surface area contributed by atoms with E-state index >= 15 is 0 Å². The van der Waals surface area contributed by atoms with Gasteiger partial charge in [-0.15, -0.1) is 0 Å². The first kappa shape index (κ1) is 27.3. The topological polar surface area (TPSA) is 80.5 Å². The first-order valence-corrected chi connectivity index (χ1v) is 13.7. The number of aryl methyl sites for hydroxylation is 2. The van der Waals surface area contributed by atoms with Crippen LogP contribution in [-0.2, 0) is 20.4 Å². The van der Waals surface area contributed by atoms with Crippen LogP contribution < -0.4 is 0 Å². The fourth-order valence-corrected chi connectivity index (χ4v) is 5.33. The molecule has 7 heteroatoms. The summed E-state index contributed by atoms with van der Waals surface area (Å²) < 4.78 is 30.9. The molecule has 2 rings (SSSR count). The summed E-state index contributed by atoms with van der Waals surface area (Å²) in [5.41, 5.74) is 2.29. The minimum absolute atomic E-state index is 0.228. The Morgan fingerprint density at radius 3 is 2.18 bits per heavy atom. The van der Waals surface area contributed by atoms with Gasteiger partial charge in [0.25, 0.3) is 0 Å². The molecule has 184 valence electrons. The Kier molecular flexibility index (Phi) is 10.3. The number of aromatic nitrogens is 1. The molecule has 6 nitrogen and oxygen atoms in total. The van der Waals surface area contributed by atoms with Crippen molar-refractivity contribution in [2.45, 2.75) is 66.6 Å². The van der Waals surface area contributed by atoms with Crippen molar-refractivity contribution >= 4 is 15.6 Å². The number of hydrogen-bond donors (Lipinski definition) is 0. The second-order valence-electron chi connectivity index (χ2n) is 9.96. The van der Waals surface area contributed by atoms with Gasteiger partial charge >= 0.3 is 0 Å². The highest BCUT2D eigenvalue weighted by molar-refractivity contribution is 7.91. The Hall–Kier alpha value is -1.99. The third-order valence-corrected chi connectivity index (χ3v) is 6.83. The lowest BCUT2D eigenvalue weighted by molar-refractivity contribution is -0.116. The highest BCUT2D eigenvalue weighted by Crippen LogP contribution is 2.23. The highest BCUT2D eigenvalue weighted by atomic mass is 32.2. The SMILES string of the molecule is Cc1ccc(-c2nc(CS(=O)(=O)CC(=O)CCCCN(CC(C)C)CC(C)C)c(C)o2)cc1. The minimum atomic E-state index is -3.60. The fourth-order valence-electron chi connectivity index (χ4n) is 3.91. The van der Waals surface area contributed by atoms with Crippen molar-refractivity contribution in [3.63, 3.8) is 0 Å². The molecular weight excluding hydrogens is 436 g/mol. The number of oxazole rings is 1. The van der Waals surface area contributed by atoms with Crippen LogP contribution in [0.3, 0.4) is 0 Å². The summed E-state index contributed by atoms with van der Waals surface area (Å²) in [6.45, 7) is 15.6. The Balaban J connectivity index is 1.85. The average Bonchev–Trinajstić information content (AvgIpc) is 3.04. The number of carbonyl (C=O) groups is 1. The molecule has 1 aromatic carbocycles. The van der Waals surface area contributed by atoms with Crippen molar-refractivity contribution in [1.82, 2.24) is 9.88 Å². The first-order chi connectivity index (χ1) is 15.4. The van der Waals surface area contributed by atoms with Crippen molar-refractivity contribution in [3.8, 4) is 11.5 Å². The van der Waals surface area contributed by atoms with Crippen molar-refractivity contribution in [1.29, 1.82) is 0 Å². The molecule has 0 amide bonds. The van der Waals surface area contributed by atoms with E-state index in [-0.39, 0.29) is 11.5 Å². The predicted molar refractivity (Wildman–Crippen MR) is 134 cm³/mol. The normalized spacial score (nSPS) is 12.3. The van der Waals surface area contributed by atoms with E-state index in [9.17, 15) is 13.2 Å². The summed E-state index contributed by atoms with van der Waals surface area (Å²) in [7, 11) is -3.60. The molecule has 0 bridgehead atoms. The molecule has 0 aliphatic rings. The van der Waals surface area contributed by atoms with E-state index in [1.54, 1.807) is 6.92 Å². The van der Waals surface area contributed by atoms with Crippen LogP contribution in [0, 0.1) is 25.7 Å². The molecule has 0 aliphatic carbocycles. The van der Waals surface area contributed by atoms with Gasteiger partial charge in [-0.2, -0.15) is 0 Å². The number of Topliss-reactive ketones (excluding diaryl/α,β-unsaturated/α-hetero) is 1. The van der Waals surface area contributed by atoms with Gasteiger partial charge < -0.3 is 9.32 Å². The zero-order valence-electron chi connectivity index (χ0n) is 21.1.